The monoisotopic (exact) mass is 396 g/mol. The number of piperidine rings is 2. The molecule has 2 aliphatic heterocycles. The number of carbonyl (C=O) groups is 3. The molecule has 0 spiro atoms. The average Bonchev–Trinajstić information content (AvgIpc) is 2.65. The normalized spacial score (nSPS) is 21.4. The molecule has 2 heterocycles. The van der Waals surface area contributed by atoms with Crippen LogP contribution in [0, 0.1) is 11.8 Å². The maximum atomic E-state index is 12.6. The van der Waals surface area contributed by atoms with Gasteiger partial charge in [-0.1, -0.05) is 0 Å². The number of hydrogen-bond donors (Lipinski definition) is 0. The quantitative estimate of drug-likeness (QED) is 0.667. The van der Waals surface area contributed by atoms with Crippen molar-refractivity contribution >= 4 is 18.0 Å². The van der Waals surface area contributed by atoms with E-state index in [1.807, 2.05) is 25.7 Å². The molecule has 7 nitrogen and oxygen atoms in total. The topological polar surface area (TPSA) is 76.2 Å². The van der Waals surface area contributed by atoms with Crippen LogP contribution in [0.5, 0.6) is 0 Å². The van der Waals surface area contributed by atoms with Gasteiger partial charge in [-0.15, -0.1) is 0 Å². The largest absolute Gasteiger partial charge is 0.466 e. The summed E-state index contributed by atoms with van der Waals surface area (Å²) >= 11 is 0. The molecule has 0 aromatic rings. The molecular weight excluding hydrogens is 360 g/mol. The first-order valence-electron chi connectivity index (χ1n) is 10.6. The lowest BCUT2D eigenvalue weighted by atomic mass is 9.91. The predicted molar refractivity (Wildman–Crippen MR) is 106 cm³/mol. The zero-order valence-corrected chi connectivity index (χ0v) is 17.9. The standard InChI is InChI=1S/C21H36N2O5/c1-5-27-19(25)17-7-6-12-23(15-17)18(24)9-8-16-10-13-22(14-11-16)20(26)28-21(2,3)4/h16-17H,5-15H2,1-4H3. The van der Waals surface area contributed by atoms with E-state index in [-0.39, 0.29) is 23.9 Å². The molecule has 2 saturated heterocycles. The molecule has 0 aliphatic carbocycles. The van der Waals surface area contributed by atoms with Gasteiger partial charge in [0.15, 0.2) is 0 Å². The summed E-state index contributed by atoms with van der Waals surface area (Å²) in [5.41, 5.74) is -0.476. The van der Waals surface area contributed by atoms with E-state index < -0.39 is 5.60 Å². The molecule has 0 radical (unpaired) electrons. The Labute approximate surface area is 168 Å². The SMILES string of the molecule is CCOC(=O)C1CCCN(C(=O)CCC2CCN(C(=O)OC(C)(C)C)CC2)C1. The van der Waals surface area contributed by atoms with Gasteiger partial charge in [0, 0.05) is 32.6 Å². The Kier molecular flexibility index (Phi) is 8.13. The number of likely N-dealkylation sites (tertiary alicyclic amines) is 2. The van der Waals surface area contributed by atoms with E-state index in [9.17, 15) is 14.4 Å². The van der Waals surface area contributed by atoms with Crippen molar-refractivity contribution in [3.8, 4) is 0 Å². The molecule has 0 saturated carbocycles. The molecule has 0 aromatic heterocycles. The maximum Gasteiger partial charge on any atom is 0.410 e. The van der Waals surface area contributed by atoms with E-state index >= 15 is 0 Å². The van der Waals surface area contributed by atoms with Crippen molar-refractivity contribution in [1.29, 1.82) is 0 Å². The van der Waals surface area contributed by atoms with Crippen LogP contribution in [0.4, 0.5) is 4.79 Å². The summed E-state index contributed by atoms with van der Waals surface area (Å²) < 4.78 is 10.5. The molecule has 0 bridgehead atoms. The van der Waals surface area contributed by atoms with E-state index in [0.29, 0.717) is 38.6 Å². The minimum Gasteiger partial charge on any atom is -0.466 e. The van der Waals surface area contributed by atoms with Gasteiger partial charge in [-0.25, -0.2) is 4.79 Å². The third-order valence-electron chi connectivity index (χ3n) is 5.43. The van der Waals surface area contributed by atoms with Gasteiger partial charge < -0.3 is 19.3 Å². The Bertz CT molecular complexity index is 549. The smallest absolute Gasteiger partial charge is 0.410 e. The van der Waals surface area contributed by atoms with Crippen molar-refractivity contribution in [2.24, 2.45) is 11.8 Å². The number of amides is 2. The van der Waals surface area contributed by atoms with Crippen molar-refractivity contribution in [1.82, 2.24) is 9.80 Å². The zero-order valence-electron chi connectivity index (χ0n) is 17.9. The fourth-order valence-electron chi connectivity index (χ4n) is 3.87. The number of rotatable bonds is 5. The Balaban J connectivity index is 1.71. The second-order valence-electron chi connectivity index (χ2n) is 8.88. The molecule has 1 atom stereocenters. The zero-order chi connectivity index (χ0) is 20.7. The van der Waals surface area contributed by atoms with Gasteiger partial charge in [-0.2, -0.15) is 0 Å². The molecule has 160 valence electrons. The molecule has 2 fully saturated rings. The van der Waals surface area contributed by atoms with Gasteiger partial charge in [0.25, 0.3) is 0 Å². The number of esters is 1. The van der Waals surface area contributed by atoms with Crippen LogP contribution in [0.3, 0.4) is 0 Å². The Morgan fingerprint density at radius 1 is 1.00 bits per heavy atom. The minimum atomic E-state index is -0.476. The molecule has 2 amide bonds. The molecular formula is C21H36N2O5. The van der Waals surface area contributed by atoms with Crippen molar-refractivity contribution in [2.75, 3.05) is 32.8 Å². The second kappa shape index (κ2) is 10.1. The summed E-state index contributed by atoms with van der Waals surface area (Å²) in [6.07, 6.45) is 4.54. The van der Waals surface area contributed by atoms with Crippen LogP contribution in [0.25, 0.3) is 0 Å². The highest BCUT2D eigenvalue weighted by molar-refractivity contribution is 5.78. The van der Waals surface area contributed by atoms with Crippen molar-refractivity contribution in [2.45, 2.75) is 71.8 Å². The molecule has 1 unspecified atom stereocenters. The number of nitrogens with zero attached hydrogens (tertiary/aromatic N) is 2. The molecule has 0 N–H and O–H groups in total. The van der Waals surface area contributed by atoms with Crippen LogP contribution in [0.2, 0.25) is 0 Å². The van der Waals surface area contributed by atoms with Crippen LogP contribution in [-0.2, 0) is 19.1 Å². The van der Waals surface area contributed by atoms with Gasteiger partial charge in [0.1, 0.15) is 5.60 Å². The van der Waals surface area contributed by atoms with Crippen LogP contribution >= 0.6 is 0 Å². The summed E-state index contributed by atoms with van der Waals surface area (Å²) in [7, 11) is 0. The first kappa shape index (κ1) is 22.5. The Hall–Kier alpha value is -1.79. The predicted octanol–water partition coefficient (Wildman–Crippen LogP) is 3.22. The van der Waals surface area contributed by atoms with Crippen LogP contribution in [0.15, 0.2) is 0 Å². The first-order valence-corrected chi connectivity index (χ1v) is 10.6. The van der Waals surface area contributed by atoms with Crippen molar-refractivity contribution < 1.29 is 23.9 Å². The highest BCUT2D eigenvalue weighted by Crippen LogP contribution is 2.25. The minimum absolute atomic E-state index is 0.128. The van der Waals surface area contributed by atoms with E-state index in [0.717, 1.165) is 38.6 Å². The van der Waals surface area contributed by atoms with E-state index in [4.69, 9.17) is 9.47 Å². The lowest BCUT2D eigenvalue weighted by Gasteiger charge is -2.34. The first-order chi connectivity index (χ1) is 13.2. The van der Waals surface area contributed by atoms with Crippen molar-refractivity contribution in [3.63, 3.8) is 0 Å². The highest BCUT2D eigenvalue weighted by Gasteiger charge is 2.30. The Morgan fingerprint density at radius 2 is 1.68 bits per heavy atom. The van der Waals surface area contributed by atoms with Crippen LogP contribution in [0.1, 0.15) is 66.2 Å². The number of ether oxygens (including phenoxy) is 2. The van der Waals surface area contributed by atoms with Gasteiger partial charge in [0.2, 0.25) is 5.91 Å². The molecule has 2 rings (SSSR count). The fraction of sp³-hybridized carbons (Fsp3) is 0.857. The van der Waals surface area contributed by atoms with Crippen molar-refractivity contribution in [3.05, 3.63) is 0 Å². The van der Waals surface area contributed by atoms with Gasteiger partial charge in [-0.05, 0) is 65.7 Å². The molecule has 0 aromatic carbocycles. The molecule has 7 heteroatoms. The summed E-state index contributed by atoms with van der Waals surface area (Å²) in [6.45, 7) is 10.4. The average molecular weight is 397 g/mol. The molecule has 2 aliphatic rings. The summed E-state index contributed by atoms with van der Waals surface area (Å²) in [5, 5.41) is 0. The highest BCUT2D eigenvalue weighted by atomic mass is 16.6. The second-order valence-corrected chi connectivity index (χ2v) is 8.88. The number of carbonyl (C=O) groups excluding carboxylic acids is 3. The number of hydrogen-bond acceptors (Lipinski definition) is 5. The summed E-state index contributed by atoms with van der Waals surface area (Å²) in [4.78, 5) is 40.2. The summed E-state index contributed by atoms with van der Waals surface area (Å²) in [5.74, 6) is 0.209. The third-order valence-corrected chi connectivity index (χ3v) is 5.43. The Morgan fingerprint density at radius 3 is 2.29 bits per heavy atom. The van der Waals surface area contributed by atoms with E-state index in [2.05, 4.69) is 0 Å². The van der Waals surface area contributed by atoms with E-state index in [1.165, 1.54) is 0 Å². The van der Waals surface area contributed by atoms with Gasteiger partial charge >= 0.3 is 12.1 Å². The van der Waals surface area contributed by atoms with Crippen LogP contribution < -0.4 is 0 Å². The lowest BCUT2D eigenvalue weighted by molar-refractivity contribution is -0.151. The molecule has 28 heavy (non-hydrogen) atoms. The van der Waals surface area contributed by atoms with Gasteiger partial charge in [0.05, 0.1) is 12.5 Å². The van der Waals surface area contributed by atoms with E-state index in [1.54, 1.807) is 11.8 Å². The fourth-order valence-corrected chi connectivity index (χ4v) is 3.87. The maximum absolute atomic E-state index is 12.6. The van der Waals surface area contributed by atoms with Gasteiger partial charge in [-0.3, -0.25) is 9.59 Å². The van der Waals surface area contributed by atoms with Crippen LogP contribution in [-0.4, -0.2) is 66.2 Å². The lowest BCUT2D eigenvalue weighted by Crippen LogP contribution is -2.43. The summed E-state index contributed by atoms with van der Waals surface area (Å²) in [6, 6.07) is 0. The third kappa shape index (κ3) is 6.99.